The molecular weight excluding hydrogens is 272 g/mol. The molecule has 6 heteroatoms. The number of carboxylic acids is 1. The first-order valence-electron chi connectivity index (χ1n) is 6.89. The van der Waals surface area contributed by atoms with Crippen LogP contribution in [0, 0.1) is 0 Å². The van der Waals surface area contributed by atoms with Crippen LogP contribution in [0.2, 0.25) is 0 Å². The lowest BCUT2D eigenvalue weighted by Gasteiger charge is -2.26. The number of carbonyl (C=O) groups excluding carboxylic acids is 1. The van der Waals surface area contributed by atoms with E-state index in [0.717, 1.165) is 12.8 Å². The third kappa shape index (κ3) is 4.11. The standard InChI is InChI=1S/C15H22N2O4/c1-5-10(6-2)17(3)15(20)16-13-8-7-11(21-4)9-12(13)14(18)19/h7-10H,5-6H2,1-4H3,(H,16,20)(H,18,19). The molecule has 6 nitrogen and oxygen atoms in total. The minimum absolute atomic E-state index is 0.000599. The van der Waals surface area contributed by atoms with E-state index in [1.54, 1.807) is 18.0 Å². The van der Waals surface area contributed by atoms with Crippen LogP contribution in [-0.4, -0.2) is 42.2 Å². The second-order valence-corrected chi connectivity index (χ2v) is 4.73. The van der Waals surface area contributed by atoms with Crippen molar-refractivity contribution in [1.29, 1.82) is 0 Å². The van der Waals surface area contributed by atoms with Crippen molar-refractivity contribution in [3.63, 3.8) is 0 Å². The summed E-state index contributed by atoms with van der Waals surface area (Å²) >= 11 is 0. The number of hydrogen-bond donors (Lipinski definition) is 2. The monoisotopic (exact) mass is 294 g/mol. The number of benzene rings is 1. The van der Waals surface area contributed by atoms with Gasteiger partial charge in [0.1, 0.15) is 5.75 Å². The Hall–Kier alpha value is -2.24. The summed E-state index contributed by atoms with van der Waals surface area (Å²) in [4.78, 5) is 25.1. The van der Waals surface area contributed by atoms with Crippen molar-refractivity contribution >= 4 is 17.7 Å². The zero-order valence-electron chi connectivity index (χ0n) is 12.8. The molecule has 0 aromatic heterocycles. The highest BCUT2D eigenvalue weighted by Gasteiger charge is 2.19. The fourth-order valence-corrected chi connectivity index (χ4v) is 2.14. The summed E-state index contributed by atoms with van der Waals surface area (Å²) in [5, 5.41) is 11.9. The van der Waals surface area contributed by atoms with E-state index in [0.29, 0.717) is 5.75 Å². The highest BCUT2D eigenvalue weighted by Crippen LogP contribution is 2.22. The normalized spacial score (nSPS) is 10.3. The second kappa shape index (κ2) is 7.52. The fourth-order valence-electron chi connectivity index (χ4n) is 2.14. The van der Waals surface area contributed by atoms with Crippen LogP contribution in [0.5, 0.6) is 5.75 Å². The lowest BCUT2D eigenvalue weighted by Crippen LogP contribution is -2.39. The van der Waals surface area contributed by atoms with Gasteiger partial charge in [0.2, 0.25) is 0 Å². The fraction of sp³-hybridized carbons (Fsp3) is 0.467. The number of ether oxygens (including phenoxy) is 1. The van der Waals surface area contributed by atoms with Gasteiger partial charge in [0.05, 0.1) is 18.4 Å². The Labute approximate surface area is 124 Å². The van der Waals surface area contributed by atoms with Crippen LogP contribution >= 0.6 is 0 Å². The quantitative estimate of drug-likeness (QED) is 0.845. The smallest absolute Gasteiger partial charge is 0.337 e. The van der Waals surface area contributed by atoms with Crippen molar-refractivity contribution in [3.05, 3.63) is 23.8 Å². The number of carboxylic acid groups (broad SMARTS) is 1. The van der Waals surface area contributed by atoms with Gasteiger partial charge in [-0.2, -0.15) is 0 Å². The molecule has 0 unspecified atom stereocenters. The van der Waals surface area contributed by atoms with E-state index in [9.17, 15) is 14.7 Å². The number of carbonyl (C=O) groups is 2. The second-order valence-electron chi connectivity index (χ2n) is 4.73. The van der Waals surface area contributed by atoms with Gasteiger partial charge in [0, 0.05) is 13.1 Å². The molecule has 0 radical (unpaired) electrons. The number of amides is 2. The first kappa shape index (κ1) is 16.8. The van der Waals surface area contributed by atoms with Gasteiger partial charge in [0.25, 0.3) is 0 Å². The van der Waals surface area contributed by atoms with Gasteiger partial charge in [0.15, 0.2) is 0 Å². The molecule has 0 atom stereocenters. The van der Waals surface area contributed by atoms with Crippen molar-refractivity contribution in [1.82, 2.24) is 4.90 Å². The Kier molecular flexibility index (Phi) is 6.02. The molecule has 2 N–H and O–H groups in total. The van der Waals surface area contributed by atoms with Crippen molar-refractivity contribution in [2.75, 3.05) is 19.5 Å². The minimum atomic E-state index is -1.12. The van der Waals surface area contributed by atoms with Gasteiger partial charge in [-0.15, -0.1) is 0 Å². The predicted molar refractivity (Wildman–Crippen MR) is 81.1 cm³/mol. The van der Waals surface area contributed by atoms with Crippen LogP contribution in [0.25, 0.3) is 0 Å². The number of hydrogen-bond acceptors (Lipinski definition) is 3. The maximum absolute atomic E-state index is 12.2. The molecule has 1 rings (SSSR count). The lowest BCUT2D eigenvalue weighted by atomic mass is 10.1. The van der Waals surface area contributed by atoms with E-state index in [1.807, 2.05) is 13.8 Å². The molecule has 0 fully saturated rings. The van der Waals surface area contributed by atoms with E-state index in [1.165, 1.54) is 19.2 Å². The van der Waals surface area contributed by atoms with Crippen LogP contribution in [0.4, 0.5) is 10.5 Å². The highest BCUT2D eigenvalue weighted by atomic mass is 16.5. The molecule has 1 aromatic carbocycles. The molecule has 21 heavy (non-hydrogen) atoms. The first-order valence-corrected chi connectivity index (χ1v) is 6.89. The van der Waals surface area contributed by atoms with Gasteiger partial charge in [-0.3, -0.25) is 0 Å². The number of nitrogens with zero attached hydrogens (tertiary/aromatic N) is 1. The van der Waals surface area contributed by atoms with Crippen molar-refractivity contribution in [2.45, 2.75) is 32.7 Å². The van der Waals surface area contributed by atoms with E-state index in [4.69, 9.17) is 4.74 Å². The first-order chi connectivity index (χ1) is 9.94. The third-order valence-corrected chi connectivity index (χ3v) is 3.51. The molecule has 2 amide bonds. The maximum Gasteiger partial charge on any atom is 0.337 e. The van der Waals surface area contributed by atoms with Crippen LogP contribution in [0.3, 0.4) is 0 Å². The summed E-state index contributed by atoms with van der Waals surface area (Å²) in [5.74, 6) is -0.687. The van der Waals surface area contributed by atoms with Crippen LogP contribution < -0.4 is 10.1 Å². The van der Waals surface area contributed by atoms with Gasteiger partial charge >= 0.3 is 12.0 Å². The zero-order chi connectivity index (χ0) is 16.0. The number of urea groups is 1. The third-order valence-electron chi connectivity index (χ3n) is 3.51. The van der Waals surface area contributed by atoms with Gasteiger partial charge in [-0.1, -0.05) is 13.8 Å². The summed E-state index contributed by atoms with van der Waals surface area (Å²) in [7, 11) is 3.16. The molecule has 0 saturated heterocycles. The van der Waals surface area contributed by atoms with E-state index in [-0.39, 0.29) is 23.3 Å². The predicted octanol–water partition coefficient (Wildman–Crippen LogP) is 3.05. The van der Waals surface area contributed by atoms with E-state index >= 15 is 0 Å². The Bertz CT molecular complexity index is 512. The number of anilines is 1. The van der Waals surface area contributed by atoms with E-state index in [2.05, 4.69) is 5.32 Å². The van der Waals surface area contributed by atoms with Crippen LogP contribution in [0.1, 0.15) is 37.0 Å². The topological polar surface area (TPSA) is 78.9 Å². The maximum atomic E-state index is 12.2. The molecule has 116 valence electrons. The summed E-state index contributed by atoms with van der Waals surface area (Å²) < 4.78 is 5.00. The Morgan fingerprint density at radius 2 is 1.95 bits per heavy atom. The van der Waals surface area contributed by atoms with E-state index < -0.39 is 5.97 Å². The highest BCUT2D eigenvalue weighted by molar-refractivity contribution is 6.00. The Balaban J connectivity index is 2.97. The average Bonchev–Trinajstić information content (AvgIpc) is 2.48. The summed E-state index contributed by atoms with van der Waals surface area (Å²) in [5.41, 5.74) is 0.256. The number of nitrogens with one attached hydrogen (secondary N) is 1. The summed E-state index contributed by atoms with van der Waals surface area (Å²) in [6.45, 7) is 4.02. The van der Waals surface area contributed by atoms with Crippen molar-refractivity contribution < 1.29 is 19.4 Å². The van der Waals surface area contributed by atoms with Crippen molar-refractivity contribution in [3.8, 4) is 5.75 Å². The van der Waals surface area contributed by atoms with Gasteiger partial charge in [-0.25, -0.2) is 9.59 Å². The Morgan fingerprint density at radius 3 is 2.43 bits per heavy atom. The van der Waals surface area contributed by atoms with Gasteiger partial charge in [-0.05, 0) is 31.0 Å². The largest absolute Gasteiger partial charge is 0.497 e. The SMILES string of the molecule is CCC(CC)N(C)C(=O)Nc1ccc(OC)cc1C(=O)O. The summed E-state index contributed by atoms with van der Waals surface area (Å²) in [6.07, 6.45) is 1.68. The number of aromatic carboxylic acids is 1. The molecule has 0 spiro atoms. The van der Waals surface area contributed by atoms with Gasteiger partial charge < -0.3 is 20.1 Å². The molecule has 0 aliphatic heterocycles. The van der Waals surface area contributed by atoms with Crippen molar-refractivity contribution in [2.24, 2.45) is 0 Å². The van der Waals surface area contributed by atoms with Crippen LogP contribution in [-0.2, 0) is 0 Å². The molecule has 1 aromatic rings. The molecule has 0 saturated carbocycles. The number of methoxy groups -OCH3 is 1. The summed E-state index contributed by atoms with van der Waals surface area (Å²) in [6, 6.07) is 4.32. The zero-order valence-corrected chi connectivity index (χ0v) is 12.8. The molecule has 0 aliphatic rings. The Morgan fingerprint density at radius 1 is 1.33 bits per heavy atom. The average molecular weight is 294 g/mol. The lowest BCUT2D eigenvalue weighted by molar-refractivity contribution is 0.0697. The molecule has 0 bridgehead atoms. The molecule has 0 aliphatic carbocycles. The molecule has 0 heterocycles. The van der Waals surface area contributed by atoms with Crippen LogP contribution in [0.15, 0.2) is 18.2 Å². The minimum Gasteiger partial charge on any atom is -0.497 e. The molecular formula is C15H22N2O4. The number of rotatable bonds is 6.